The maximum absolute atomic E-state index is 12.5. The third-order valence-corrected chi connectivity index (χ3v) is 5.44. The van der Waals surface area contributed by atoms with E-state index >= 15 is 0 Å². The van der Waals surface area contributed by atoms with E-state index in [2.05, 4.69) is 33.4 Å². The van der Waals surface area contributed by atoms with Crippen molar-refractivity contribution >= 4 is 11.7 Å². The number of carbonyl (C=O) groups is 1. The van der Waals surface area contributed by atoms with E-state index in [9.17, 15) is 4.79 Å². The van der Waals surface area contributed by atoms with Crippen LogP contribution in [-0.2, 0) is 6.42 Å². The Morgan fingerprint density at radius 2 is 1.97 bits per heavy atom. The molecule has 6 heteroatoms. The largest absolute Gasteiger partial charge is 0.497 e. The van der Waals surface area contributed by atoms with Gasteiger partial charge < -0.3 is 15.0 Å². The van der Waals surface area contributed by atoms with Crippen molar-refractivity contribution in [2.75, 3.05) is 25.1 Å². The summed E-state index contributed by atoms with van der Waals surface area (Å²) in [5.41, 5.74) is 3.97. The number of ether oxygens (including phenoxy) is 1. The minimum atomic E-state index is -0.0135. The van der Waals surface area contributed by atoms with Crippen LogP contribution in [0.2, 0.25) is 0 Å². The molecule has 1 aliphatic heterocycles. The summed E-state index contributed by atoms with van der Waals surface area (Å²) in [5.74, 6) is 1.72. The lowest BCUT2D eigenvalue weighted by Gasteiger charge is -2.16. The van der Waals surface area contributed by atoms with Crippen molar-refractivity contribution in [2.24, 2.45) is 0 Å². The first kappa shape index (κ1) is 19.1. The van der Waals surface area contributed by atoms with Gasteiger partial charge in [-0.3, -0.25) is 9.89 Å². The molecule has 29 heavy (non-hydrogen) atoms. The molecule has 4 rings (SSSR count). The number of anilines is 1. The van der Waals surface area contributed by atoms with Crippen LogP contribution in [0.1, 0.15) is 29.3 Å². The van der Waals surface area contributed by atoms with Gasteiger partial charge in [-0.05, 0) is 60.4 Å². The first-order chi connectivity index (χ1) is 14.2. The van der Waals surface area contributed by atoms with Gasteiger partial charge in [-0.25, -0.2) is 0 Å². The third-order valence-electron chi connectivity index (χ3n) is 5.44. The zero-order chi connectivity index (χ0) is 20.2. The fraction of sp³-hybridized carbons (Fsp3) is 0.304. The molecule has 0 aliphatic carbocycles. The van der Waals surface area contributed by atoms with E-state index in [1.54, 1.807) is 7.11 Å². The molecule has 1 saturated heterocycles. The van der Waals surface area contributed by atoms with Crippen LogP contribution >= 0.6 is 0 Å². The van der Waals surface area contributed by atoms with Gasteiger partial charge in [0, 0.05) is 30.8 Å². The number of rotatable bonds is 6. The summed E-state index contributed by atoms with van der Waals surface area (Å²) < 4.78 is 5.21. The van der Waals surface area contributed by atoms with Gasteiger partial charge in [-0.1, -0.05) is 19.1 Å². The van der Waals surface area contributed by atoms with E-state index in [4.69, 9.17) is 4.74 Å². The Balaban J connectivity index is 1.37. The zero-order valence-electron chi connectivity index (χ0n) is 16.8. The van der Waals surface area contributed by atoms with E-state index in [0.717, 1.165) is 48.8 Å². The fourth-order valence-corrected chi connectivity index (χ4v) is 3.64. The van der Waals surface area contributed by atoms with E-state index in [1.807, 2.05) is 48.5 Å². The summed E-state index contributed by atoms with van der Waals surface area (Å²) in [6.07, 6.45) is 1.88. The maximum atomic E-state index is 12.5. The van der Waals surface area contributed by atoms with Gasteiger partial charge in [-0.15, -0.1) is 0 Å². The Morgan fingerprint density at radius 3 is 2.66 bits per heavy atom. The van der Waals surface area contributed by atoms with Gasteiger partial charge in [0.05, 0.1) is 12.8 Å². The molecular formula is C23H26N4O2. The molecule has 0 radical (unpaired) electrons. The number of methoxy groups -OCH3 is 1. The lowest BCUT2D eigenvalue weighted by atomic mass is 10.1. The molecule has 1 fully saturated rings. The monoisotopic (exact) mass is 390 g/mol. The van der Waals surface area contributed by atoms with E-state index in [-0.39, 0.29) is 11.9 Å². The Labute approximate surface area is 170 Å². The first-order valence-electron chi connectivity index (χ1n) is 10.0. The standard InChI is InChI=1S/C23H26N4O2/c1-3-16-4-6-18(7-5-16)23(28)24-19-12-13-27(15-19)22-14-21(25-26-22)17-8-10-20(29-2)11-9-17/h4-11,14,19H,3,12-13,15H2,1-2H3,(H,24,28)(H,25,26)/t19-/m1/s1. The number of hydrogen-bond donors (Lipinski definition) is 2. The van der Waals surface area contributed by atoms with E-state index in [0.29, 0.717) is 5.56 Å². The van der Waals surface area contributed by atoms with Gasteiger partial charge in [-0.2, -0.15) is 5.10 Å². The molecule has 6 nitrogen and oxygen atoms in total. The average Bonchev–Trinajstić information content (AvgIpc) is 3.43. The quantitative estimate of drug-likeness (QED) is 0.674. The second-order valence-corrected chi connectivity index (χ2v) is 7.32. The lowest BCUT2D eigenvalue weighted by Crippen LogP contribution is -2.37. The highest BCUT2D eigenvalue weighted by atomic mass is 16.5. The summed E-state index contributed by atoms with van der Waals surface area (Å²) in [5, 5.41) is 10.7. The molecule has 2 N–H and O–H groups in total. The van der Waals surface area contributed by atoms with Crippen LogP contribution in [0, 0.1) is 0 Å². The van der Waals surface area contributed by atoms with Crippen LogP contribution in [0.3, 0.4) is 0 Å². The van der Waals surface area contributed by atoms with Crippen LogP contribution in [0.4, 0.5) is 5.82 Å². The molecule has 0 saturated carbocycles. The van der Waals surface area contributed by atoms with Crippen molar-refractivity contribution < 1.29 is 9.53 Å². The van der Waals surface area contributed by atoms with Crippen LogP contribution in [0.5, 0.6) is 5.75 Å². The minimum absolute atomic E-state index is 0.0135. The van der Waals surface area contributed by atoms with Crippen molar-refractivity contribution in [3.8, 4) is 17.0 Å². The summed E-state index contributed by atoms with van der Waals surface area (Å²) in [4.78, 5) is 14.7. The number of carbonyl (C=O) groups excluding carboxylic acids is 1. The van der Waals surface area contributed by atoms with Gasteiger partial charge in [0.15, 0.2) is 5.82 Å². The van der Waals surface area contributed by atoms with Gasteiger partial charge in [0.1, 0.15) is 5.75 Å². The molecule has 1 aromatic heterocycles. The number of aromatic amines is 1. The smallest absolute Gasteiger partial charge is 0.251 e. The maximum Gasteiger partial charge on any atom is 0.251 e. The van der Waals surface area contributed by atoms with Crippen molar-refractivity contribution in [1.82, 2.24) is 15.5 Å². The number of aryl methyl sites for hydroxylation is 1. The number of nitrogens with zero attached hydrogens (tertiary/aromatic N) is 2. The number of aromatic nitrogens is 2. The van der Waals surface area contributed by atoms with Crippen LogP contribution < -0.4 is 15.0 Å². The summed E-state index contributed by atoms with van der Waals surface area (Å²) in [6.45, 7) is 3.73. The Bertz CT molecular complexity index is 963. The van der Waals surface area contributed by atoms with Crippen molar-refractivity contribution in [3.05, 3.63) is 65.7 Å². The summed E-state index contributed by atoms with van der Waals surface area (Å²) in [6, 6.07) is 17.9. The lowest BCUT2D eigenvalue weighted by molar-refractivity contribution is 0.0940. The van der Waals surface area contributed by atoms with E-state index in [1.165, 1.54) is 5.56 Å². The normalized spacial score (nSPS) is 16.1. The molecule has 150 valence electrons. The van der Waals surface area contributed by atoms with Gasteiger partial charge in [0.2, 0.25) is 0 Å². The number of amides is 1. The Kier molecular flexibility index (Phi) is 5.51. The number of nitrogens with one attached hydrogen (secondary N) is 2. The number of benzene rings is 2. The highest BCUT2D eigenvalue weighted by Crippen LogP contribution is 2.26. The molecular weight excluding hydrogens is 364 g/mol. The van der Waals surface area contributed by atoms with Gasteiger partial charge in [0.25, 0.3) is 5.91 Å². The molecule has 2 aromatic carbocycles. The average molecular weight is 390 g/mol. The van der Waals surface area contributed by atoms with Crippen LogP contribution in [0.25, 0.3) is 11.3 Å². The second-order valence-electron chi connectivity index (χ2n) is 7.32. The van der Waals surface area contributed by atoms with Crippen molar-refractivity contribution in [3.63, 3.8) is 0 Å². The summed E-state index contributed by atoms with van der Waals surface area (Å²) >= 11 is 0. The molecule has 1 atom stereocenters. The molecule has 3 aromatic rings. The molecule has 2 heterocycles. The van der Waals surface area contributed by atoms with Crippen LogP contribution in [-0.4, -0.2) is 42.3 Å². The predicted molar refractivity (Wildman–Crippen MR) is 114 cm³/mol. The van der Waals surface area contributed by atoms with Gasteiger partial charge >= 0.3 is 0 Å². The fourth-order valence-electron chi connectivity index (χ4n) is 3.64. The Hall–Kier alpha value is -3.28. The molecule has 0 bridgehead atoms. The molecule has 0 spiro atoms. The highest BCUT2D eigenvalue weighted by molar-refractivity contribution is 5.94. The number of H-pyrrole nitrogens is 1. The van der Waals surface area contributed by atoms with Crippen molar-refractivity contribution in [1.29, 1.82) is 0 Å². The van der Waals surface area contributed by atoms with Crippen LogP contribution in [0.15, 0.2) is 54.6 Å². The van der Waals surface area contributed by atoms with E-state index < -0.39 is 0 Å². The minimum Gasteiger partial charge on any atom is -0.497 e. The molecule has 1 aliphatic rings. The Morgan fingerprint density at radius 1 is 1.21 bits per heavy atom. The molecule has 1 amide bonds. The second kappa shape index (κ2) is 8.39. The zero-order valence-corrected chi connectivity index (χ0v) is 16.8. The SMILES string of the molecule is CCc1ccc(C(=O)N[C@@H]2CCN(c3cc(-c4ccc(OC)cc4)[nH]n3)C2)cc1. The van der Waals surface area contributed by atoms with Crippen molar-refractivity contribution in [2.45, 2.75) is 25.8 Å². The molecule has 0 unspecified atom stereocenters. The topological polar surface area (TPSA) is 70.2 Å². The predicted octanol–water partition coefficient (Wildman–Crippen LogP) is 3.66. The summed E-state index contributed by atoms with van der Waals surface area (Å²) in [7, 11) is 1.66. The number of hydrogen-bond acceptors (Lipinski definition) is 4. The highest BCUT2D eigenvalue weighted by Gasteiger charge is 2.26. The third kappa shape index (κ3) is 4.26. The first-order valence-corrected chi connectivity index (χ1v) is 10.0.